The lowest BCUT2D eigenvalue weighted by molar-refractivity contribution is -0.908. The number of nitrogens with zero attached hydrogens (tertiary/aromatic N) is 1. The van der Waals surface area contributed by atoms with Crippen LogP contribution >= 0.6 is 34.5 Å². The molecule has 142 valence electrons. The van der Waals surface area contributed by atoms with Crippen LogP contribution in [0.2, 0.25) is 10.0 Å². The maximum Gasteiger partial charge on any atom is 0.348 e. The summed E-state index contributed by atoms with van der Waals surface area (Å²) >= 11 is 13.5. The van der Waals surface area contributed by atoms with Crippen molar-refractivity contribution in [1.29, 1.82) is 0 Å². The van der Waals surface area contributed by atoms with Crippen molar-refractivity contribution < 1.29 is 14.4 Å². The number of ether oxygens (including phenoxy) is 1. The maximum absolute atomic E-state index is 12.5. The lowest BCUT2D eigenvalue weighted by Gasteiger charge is -2.14. The summed E-state index contributed by atoms with van der Waals surface area (Å²) < 4.78 is 4.77. The lowest BCUT2D eigenvalue weighted by Crippen LogP contribution is -3.06. The Labute approximate surface area is 169 Å². The SMILES string of the molecule is COC(=O)c1sc2nc(C[NH+](C)Cc3cccc(Cl)c3Cl)[nH]c(=O)c2c1C. The van der Waals surface area contributed by atoms with Crippen LogP contribution in [0.15, 0.2) is 23.0 Å². The van der Waals surface area contributed by atoms with Crippen molar-refractivity contribution in [1.82, 2.24) is 9.97 Å². The average molecular weight is 427 g/mol. The fourth-order valence-corrected chi connectivity index (χ4v) is 4.42. The minimum Gasteiger partial charge on any atom is -0.465 e. The molecule has 0 saturated carbocycles. The number of aromatic amines is 1. The smallest absolute Gasteiger partial charge is 0.348 e. The van der Waals surface area contributed by atoms with Gasteiger partial charge in [-0.1, -0.05) is 35.3 Å². The molecular formula is C18H18Cl2N3O3S+. The number of fused-ring (bicyclic) bond motifs is 1. The number of esters is 1. The van der Waals surface area contributed by atoms with Crippen LogP contribution in [0.3, 0.4) is 0 Å². The molecule has 0 bridgehead atoms. The number of hydrogen-bond donors (Lipinski definition) is 2. The van der Waals surface area contributed by atoms with Crippen LogP contribution < -0.4 is 10.5 Å². The van der Waals surface area contributed by atoms with Crippen molar-refractivity contribution in [3.05, 3.63) is 60.4 Å². The van der Waals surface area contributed by atoms with E-state index in [1.165, 1.54) is 18.4 Å². The third kappa shape index (κ3) is 4.01. The Morgan fingerprint density at radius 1 is 1.33 bits per heavy atom. The van der Waals surface area contributed by atoms with Crippen LogP contribution in [0.1, 0.15) is 26.6 Å². The highest BCUT2D eigenvalue weighted by Crippen LogP contribution is 2.27. The Kier molecular flexibility index (Phi) is 5.86. The molecule has 1 unspecified atom stereocenters. The van der Waals surface area contributed by atoms with Gasteiger partial charge < -0.3 is 14.6 Å². The molecule has 2 heterocycles. The number of hydrogen-bond acceptors (Lipinski definition) is 5. The maximum atomic E-state index is 12.5. The predicted octanol–water partition coefficient (Wildman–Crippen LogP) is 2.60. The minimum absolute atomic E-state index is 0.257. The molecule has 9 heteroatoms. The number of nitrogens with one attached hydrogen (secondary N) is 2. The molecule has 27 heavy (non-hydrogen) atoms. The molecule has 2 N–H and O–H groups in total. The Bertz CT molecular complexity index is 1080. The summed E-state index contributed by atoms with van der Waals surface area (Å²) in [6.45, 7) is 2.83. The number of quaternary nitrogens is 1. The summed E-state index contributed by atoms with van der Waals surface area (Å²) in [5.74, 6) is 0.0793. The molecule has 0 amide bonds. The van der Waals surface area contributed by atoms with Crippen LogP contribution in [-0.2, 0) is 17.8 Å². The van der Waals surface area contributed by atoms with Gasteiger partial charge >= 0.3 is 5.97 Å². The van der Waals surface area contributed by atoms with Gasteiger partial charge in [-0.15, -0.1) is 11.3 Å². The Morgan fingerprint density at radius 2 is 2.07 bits per heavy atom. The standard InChI is InChI=1S/C18H17Cl2N3O3S/c1-9-13-16(24)21-12(22-17(13)27-15(9)18(25)26-3)8-23(2)7-10-5-4-6-11(19)14(10)20/h4-6H,7-8H2,1-3H3,(H,21,22,24)/p+1. The van der Waals surface area contributed by atoms with Gasteiger partial charge in [-0.05, 0) is 18.6 Å². The van der Waals surface area contributed by atoms with Crippen LogP contribution in [0.5, 0.6) is 0 Å². The van der Waals surface area contributed by atoms with Gasteiger partial charge in [-0.25, -0.2) is 9.78 Å². The zero-order valence-corrected chi connectivity index (χ0v) is 17.3. The molecule has 3 rings (SSSR count). The summed E-state index contributed by atoms with van der Waals surface area (Å²) in [6, 6.07) is 5.52. The van der Waals surface area contributed by atoms with Gasteiger partial charge in [0.1, 0.15) is 22.8 Å². The summed E-state index contributed by atoms with van der Waals surface area (Å²) in [5.41, 5.74) is 1.26. The number of carbonyl (C=O) groups is 1. The average Bonchev–Trinajstić information content (AvgIpc) is 2.95. The van der Waals surface area contributed by atoms with E-state index in [9.17, 15) is 9.59 Å². The minimum atomic E-state index is -0.463. The van der Waals surface area contributed by atoms with E-state index in [0.717, 1.165) is 10.5 Å². The van der Waals surface area contributed by atoms with Crippen molar-refractivity contribution in [2.45, 2.75) is 20.0 Å². The largest absolute Gasteiger partial charge is 0.465 e. The Balaban J connectivity index is 1.88. The molecule has 6 nitrogen and oxygen atoms in total. The van der Waals surface area contributed by atoms with Gasteiger partial charge in [-0.2, -0.15) is 0 Å². The van der Waals surface area contributed by atoms with Crippen molar-refractivity contribution in [3.63, 3.8) is 0 Å². The highest BCUT2D eigenvalue weighted by Gasteiger charge is 2.20. The van der Waals surface area contributed by atoms with Crippen molar-refractivity contribution in [2.75, 3.05) is 14.2 Å². The number of halogens is 2. The number of H-pyrrole nitrogens is 1. The number of thiophene rings is 1. The number of carbonyl (C=O) groups excluding carboxylic acids is 1. The quantitative estimate of drug-likeness (QED) is 0.614. The van der Waals surface area contributed by atoms with E-state index in [1.807, 2.05) is 19.2 Å². The summed E-state index contributed by atoms with van der Waals surface area (Å²) in [6.07, 6.45) is 0. The van der Waals surface area contributed by atoms with Gasteiger partial charge in [0.05, 0.1) is 29.6 Å². The van der Waals surface area contributed by atoms with Crippen molar-refractivity contribution in [2.24, 2.45) is 0 Å². The van der Waals surface area contributed by atoms with Gasteiger partial charge in [-0.3, -0.25) is 4.79 Å². The predicted molar refractivity (Wildman–Crippen MR) is 107 cm³/mol. The lowest BCUT2D eigenvalue weighted by atomic mass is 10.2. The zero-order valence-electron chi connectivity index (χ0n) is 15.0. The first-order chi connectivity index (χ1) is 12.8. The van der Waals surface area contributed by atoms with E-state index in [-0.39, 0.29) is 5.56 Å². The topological polar surface area (TPSA) is 76.5 Å². The first kappa shape index (κ1) is 19.8. The molecule has 3 aromatic rings. The van der Waals surface area contributed by atoms with Crippen LogP contribution in [0, 0.1) is 6.92 Å². The van der Waals surface area contributed by atoms with E-state index < -0.39 is 5.97 Å². The van der Waals surface area contributed by atoms with Gasteiger partial charge in [0, 0.05) is 5.56 Å². The number of aromatic nitrogens is 2. The molecule has 0 radical (unpaired) electrons. The van der Waals surface area contributed by atoms with E-state index in [0.29, 0.717) is 49.6 Å². The van der Waals surface area contributed by atoms with Crippen molar-refractivity contribution >= 4 is 50.7 Å². The molecule has 0 aliphatic heterocycles. The summed E-state index contributed by atoms with van der Waals surface area (Å²) in [7, 11) is 3.29. The Hall–Kier alpha value is -1.93. The third-order valence-corrected chi connectivity index (χ3v) is 6.24. The Morgan fingerprint density at radius 3 is 2.78 bits per heavy atom. The highest BCUT2D eigenvalue weighted by atomic mass is 35.5. The number of methoxy groups -OCH3 is 1. The van der Waals surface area contributed by atoms with E-state index in [2.05, 4.69) is 9.97 Å². The fourth-order valence-electron chi connectivity index (χ4n) is 2.92. The normalized spacial score (nSPS) is 12.3. The summed E-state index contributed by atoms with van der Waals surface area (Å²) in [4.78, 5) is 33.7. The monoisotopic (exact) mass is 426 g/mol. The molecule has 0 saturated heterocycles. The second-order valence-corrected chi connectivity index (χ2v) is 8.05. The van der Waals surface area contributed by atoms with E-state index >= 15 is 0 Å². The zero-order chi connectivity index (χ0) is 19.7. The van der Waals surface area contributed by atoms with E-state index in [4.69, 9.17) is 27.9 Å². The number of benzene rings is 1. The van der Waals surface area contributed by atoms with Crippen LogP contribution in [-0.4, -0.2) is 30.1 Å². The van der Waals surface area contributed by atoms with E-state index in [1.54, 1.807) is 13.0 Å². The highest BCUT2D eigenvalue weighted by molar-refractivity contribution is 7.20. The van der Waals surface area contributed by atoms with Crippen LogP contribution in [0.4, 0.5) is 0 Å². The molecule has 0 aliphatic rings. The number of aryl methyl sites for hydroxylation is 1. The number of rotatable bonds is 5. The molecule has 0 fully saturated rings. The first-order valence-corrected chi connectivity index (χ1v) is 9.73. The molecular weight excluding hydrogens is 409 g/mol. The molecule has 2 aromatic heterocycles. The molecule has 1 atom stereocenters. The first-order valence-electron chi connectivity index (χ1n) is 8.16. The molecule has 0 spiro atoms. The third-order valence-electron chi connectivity index (χ3n) is 4.21. The van der Waals surface area contributed by atoms with Crippen LogP contribution in [0.25, 0.3) is 10.2 Å². The van der Waals surface area contributed by atoms with Gasteiger partial charge in [0.25, 0.3) is 5.56 Å². The second kappa shape index (κ2) is 7.98. The van der Waals surface area contributed by atoms with Crippen molar-refractivity contribution in [3.8, 4) is 0 Å². The van der Waals surface area contributed by atoms with Gasteiger partial charge in [0.15, 0.2) is 5.82 Å². The summed E-state index contributed by atoms with van der Waals surface area (Å²) in [5, 5.41) is 1.48. The molecule has 1 aromatic carbocycles. The fraction of sp³-hybridized carbons (Fsp3) is 0.278. The second-order valence-electron chi connectivity index (χ2n) is 6.26. The van der Waals surface area contributed by atoms with Gasteiger partial charge in [0.2, 0.25) is 0 Å². The molecule has 0 aliphatic carbocycles.